The van der Waals surface area contributed by atoms with Gasteiger partial charge in [0.05, 0.1) is 31.6 Å². The van der Waals surface area contributed by atoms with E-state index in [0.29, 0.717) is 52.3 Å². The average Bonchev–Trinajstić information content (AvgIpc) is 3.46. The second-order valence-electron chi connectivity index (χ2n) is 10.7. The average molecular weight is 537 g/mol. The maximum absolute atomic E-state index is 13.2. The molecule has 10 nitrogen and oxygen atoms in total. The van der Waals surface area contributed by atoms with Crippen LogP contribution in [0.4, 0.5) is 5.69 Å². The van der Waals surface area contributed by atoms with Gasteiger partial charge in [0.1, 0.15) is 34.9 Å². The minimum Gasteiger partial charge on any atom is -0.497 e. The van der Waals surface area contributed by atoms with Crippen LogP contribution >= 0.6 is 0 Å². The van der Waals surface area contributed by atoms with E-state index in [0.717, 1.165) is 51.3 Å². The Balaban J connectivity index is 1.46. The summed E-state index contributed by atoms with van der Waals surface area (Å²) in [7, 11) is 3.10. The number of pyridine rings is 1. The summed E-state index contributed by atoms with van der Waals surface area (Å²) in [6.45, 7) is 10.3. The molecule has 5 rings (SSSR count). The molecule has 210 valence electrons. The Bertz CT molecular complexity index is 1330. The summed E-state index contributed by atoms with van der Waals surface area (Å²) >= 11 is 0. The van der Waals surface area contributed by atoms with Crippen LogP contribution in [0.15, 0.2) is 29.2 Å². The number of aromatic nitrogens is 3. The quantitative estimate of drug-likeness (QED) is 0.401. The molecule has 2 N–H and O–H groups in total. The molecule has 4 heterocycles. The van der Waals surface area contributed by atoms with Crippen LogP contribution in [0, 0.1) is 0 Å². The minimum atomic E-state index is -0.293. The van der Waals surface area contributed by atoms with Crippen LogP contribution in [0.5, 0.6) is 17.2 Å². The van der Waals surface area contributed by atoms with Crippen molar-refractivity contribution in [1.82, 2.24) is 24.8 Å². The van der Waals surface area contributed by atoms with Gasteiger partial charge in [-0.1, -0.05) is 0 Å². The molecule has 0 radical (unpaired) electrons. The number of piperidine rings is 1. The molecular formula is C29H40N6O4. The molecule has 0 spiro atoms. The predicted molar refractivity (Wildman–Crippen MR) is 153 cm³/mol. The Morgan fingerprint density at radius 3 is 2.51 bits per heavy atom. The summed E-state index contributed by atoms with van der Waals surface area (Å²) in [5.74, 6) is 2.06. The number of nitrogens with one attached hydrogen (secondary N) is 2. The van der Waals surface area contributed by atoms with E-state index in [2.05, 4.69) is 33.9 Å². The van der Waals surface area contributed by atoms with Crippen LogP contribution in [0.3, 0.4) is 0 Å². The maximum atomic E-state index is 13.2. The third-order valence-electron chi connectivity index (χ3n) is 7.78. The topological polar surface area (TPSA) is 105 Å². The number of hydrogen-bond acceptors (Lipinski definition) is 9. The summed E-state index contributed by atoms with van der Waals surface area (Å²) in [6, 6.07) is 6.23. The van der Waals surface area contributed by atoms with Crippen LogP contribution < -0.4 is 25.1 Å². The molecule has 2 aromatic heterocycles. The number of aromatic amines is 1. The number of anilines is 1. The van der Waals surface area contributed by atoms with Crippen molar-refractivity contribution in [3.05, 3.63) is 34.7 Å². The molecule has 0 bridgehead atoms. The second kappa shape index (κ2) is 12.2. The highest BCUT2D eigenvalue weighted by molar-refractivity contribution is 5.87. The van der Waals surface area contributed by atoms with Crippen molar-refractivity contribution in [3.63, 3.8) is 0 Å². The highest BCUT2D eigenvalue weighted by Crippen LogP contribution is 2.32. The monoisotopic (exact) mass is 536 g/mol. The normalized spacial score (nSPS) is 17.2. The van der Waals surface area contributed by atoms with E-state index < -0.39 is 0 Å². The van der Waals surface area contributed by atoms with Gasteiger partial charge in [0.25, 0.3) is 5.56 Å². The summed E-state index contributed by atoms with van der Waals surface area (Å²) in [5, 5.41) is 4.08. The van der Waals surface area contributed by atoms with Crippen molar-refractivity contribution >= 4 is 16.6 Å². The highest BCUT2D eigenvalue weighted by atomic mass is 16.5. The van der Waals surface area contributed by atoms with Gasteiger partial charge < -0.3 is 29.4 Å². The fraction of sp³-hybridized carbons (Fsp3) is 0.552. The van der Waals surface area contributed by atoms with E-state index in [1.54, 1.807) is 25.4 Å². The molecule has 2 aliphatic rings. The van der Waals surface area contributed by atoms with Crippen LogP contribution in [0.1, 0.15) is 39.5 Å². The zero-order valence-electron chi connectivity index (χ0n) is 23.5. The van der Waals surface area contributed by atoms with Gasteiger partial charge in [-0.3, -0.25) is 9.69 Å². The molecule has 0 unspecified atom stereocenters. The van der Waals surface area contributed by atoms with Crippen molar-refractivity contribution in [3.8, 4) is 28.8 Å². The van der Waals surface area contributed by atoms with Crippen molar-refractivity contribution < 1.29 is 14.2 Å². The number of likely N-dealkylation sites (tertiary alicyclic amines) is 2. The van der Waals surface area contributed by atoms with Gasteiger partial charge in [0.2, 0.25) is 0 Å². The fourth-order valence-corrected chi connectivity index (χ4v) is 5.50. The molecule has 1 aromatic carbocycles. The molecule has 0 atom stereocenters. The first-order valence-electron chi connectivity index (χ1n) is 14.0. The molecule has 39 heavy (non-hydrogen) atoms. The molecule has 2 aliphatic heterocycles. The van der Waals surface area contributed by atoms with E-state index in [4.69, 9.17) is 24.2 Å². The number of methoxy groups -OCH3 is 2. The van der Waals surface area contributed by atoms with E-state index in [1.165, 1.54) is 20.0 Å². The third-order valence-corrected chi connectivity index (χ3v) is 7.78. The van der Waals surface area contributed by atoms with Crippen molar-refractivity contribution in [2.45, 2.75) is 51.6 Å². The summed E-state index contributed by atoms with van der Waals surface area (Å²) in [5.41, 5.74) is 1.57. The second-order valence-corrected chi connectivity index (χ2v) is 10.7. The van der Waals surface area contributed by atoms with Gasteiger partial charge in [-0.2, -0.15) is 0 Å². The predicted octanol–water partition coefficient (Wildman–Crippen LogP) is 3.76. The van der Waals surface area contributed by atoms with Gasteiger partial charge >= 0.3 is 0 Å². The Morgan fingerprint density at radius 1 is 1.05 bits per heavy atom. The number of benzene rings is 1. The maximum Gasteiger partial charge on any atom is 0.262 e. The van der Waals surface area contributed by atoms with Crippen LogP contribution in [0.25, 0.3) is 22.4 Å². The van der Waals surface area contributed by atoms with Gasteiger partial charge in [-0.05, 0) is 52.6 Å². The molecule has 0 amide bonds. The molecule has 3 aromatic rings. The number of ether oxygens (including phenoxy) is 3. The van der Waals surface area contributed by atoms with E-state index >= 15 is 0 Å². The number of rotatable bonds is 10. The van der Waals surface area contributed by atoms with Crippen LogP contribution in [-0.2, 0) is 0 Å². The van der Waals surface area contributed by atoms with Gasteiger partial charge in [-0.25, -0.2) is 9.97 Å². The van der Waals surface area contributed by atoms with E-state index in [1.807, 2.05) is 6.07 Å². The Morgan fingerprint density at radius 2 is 1.82 bits per heavy atom. The standard InChI is InChI=1S/C29H40N6O4/c1-19(2)35-11-7-20(8-12-35)31-24-16-22(39-14-13-34-9-5-6-10-34)18-30-27(24)28-32-23-15-21(37-3)17-25(38-4)26(23)29(36)33-28/h15-20,31H,5-14H2,1-4H3,(H,32,33,36). The van der Waals surface area contributed by atoms with Crippen molar-refractivity contribution in [2.24, 2.45) is 0 Å². The lowest BCUT2D eigenvalue weighted by atomic mass is 10.0. The van der Waals surface area contributed by atoms with Gasteiger partial charge in [0, 0.05) is 49.9 Å². The lowest BCUT2D eigenvalue weighted by Gasteiger charge is -2.35. The number of nitrogens with zero attached hydrogens (tertiary/aromatic N) is 4. The zero-order chi connectivity index (χ0) is 27.4. The van der Waals surface area contributed by atoms with Crippen LogP contribution in [-0.4, -0.2) is 90.4 Å². The van der Waals surface area contributed by atoms with E-state index in [9.17, 15) is 4.79 Å². The van der Waals surface area contributed by atoms with E-state index in [-0.39, 0.29) is 11.6 Å². The first kappa shape index (κ1) is 27.2. The summed E-state index contributed by atoms with van der Waals surface area (Å²) in [4.78, 5) is 30.6. The number of hydrogen-bond donors (Lipinski definition) is 2. The summed E-state index contributed by atoms with van der Waals surface area (Å²) in [6.07, 6.45) is 6.27. The molecule has 10 heteroatoms. The Labute approximate surface area is 229 Å². The number of H-pyrrole nitrogens is 1. The lowest BCUT2D eigenvalue weighted by Crippen LogP contribution is -2.42. The smallest absolute Gasteiger partial charge is 0.262 e. The Kier molecular flexibility index (Phi) is 8.52. The van der Waals surface area contributed by atoms with Crippen LogP contribution in [0.2, 0.25) is 0 Å². The third kappa shape index (κ3) is 6.28. The highest BCUT2D eigenvalue weighted by Gasteiger charge is 2.23. The van der Waals surface area contributed by atoms with Gasteiger partial charge in [0.15, 0.2) is 5.82 Å². The first-order valence-corrected chi connectivity index (χ1v) is 14.0. The summed E-state index contributed by atoms with van der Waals surface area (Å²) < 4.78 is 17.0. The molecule has 2 saturated heterocycles. The fourth-order valence-electron chi connectivity index (χ4n) is 5.50. The SMILES string of the molecule is COc1cc(OC)c2c(=O)[nH]c(-c3ncc(OCCN4CCCC4)cc3NC3CCN(C(C)C)CC3)nc2c1. The molecule has 0 saturated carbocycles. The van der Waals surface area contributed by atoms with Crippen molar-refractivity contribution in [1.29, 1.82) is 0 Å². The Hall–Kier alpha value is -3.37. The minimum absolute atomic E-state index is 0.285. The molecular weight excluding hydrogens is 496 g/mol. The van der Waals surface area contributed by atoms with Crippen molar-refractivity contribution in [2.75, 3.05) is 58.9 Å². The first-order chi connectivity index (χ1) is 18.9. The van der Waals surface area contributed by atoms with Gasteiger partial charge in [-0.15, -0.1) is 0 Å². The zero-order valence-corrected chi connectivity index (χ0v) is 23.5. The number of fused-ring (bicyclic) bond motifs is 1. The lowest BCUT2D eigenvalue weighted by molar-refractivity contribution is 0.177. The molecule has 0 aliphatic carbocycles. The largest absolute Gasteiger partial charge is 0.497 e. The molecule has 2 fully saturated rings.